The van der Waals surface area contributed by atoms with Gasteiger partial charge in [0.15, 0.2) is 17.3 Å². The van der Waals surface area contributed by atoms with Gasteiger partial charge >= 0.3 is 0 Å². The maximum absolute atomic E-state index is 15.2. The number of anilines is 1. The van der Waals surface area contributed by atoms with Gasteiger partial charge in [0, 0.05) is 59.6 Å². The molecule has 0 radical (unpaired) electrons. The van der Waals surface area contributed by atoms with E-state index in [-0.39, 0.29) is 17.3 Å². The van der Waals surface area contributed by atoms with E-state index in [0.717, 1.165) is 21.1 Å². The molecule has 44 heavy (non-hydrogen) atoms. The van der Waals surface area contributed by atoms with Gasteiger partial charge in [-0.3, -0.25) is 23.9 Å². The number of carbonyl (C=O) groups excluding carboxylic acids is 2. The van der Waals surface area contributed by atoms with Crippen LogP contribution in [0.5, 0.6) is 11.5 Å². The summed E-state index contributed by atoms with van der Waals surface area (Å²) >= 11 is 1.41. The first-order valence-electron chi connectivity index (χ1n) is 13.1. The lowest BCUT2D eigenvalue weighted by atomic mass is 10.1. The molecule has 6 aromatic rings. The van der Waals surface area contributed by atoms with Crippen molar-refractivity contribution in [3.63, 3.8) is 0 Å². The second-order valence-corrected chi connectivity index (χ2v) is 10.5. The van der Waals surface area contributed by atoms with Crippen molar-refractivity contribution < 1.29 is 23.1 Å². The number of halogens is 2. The first-order chi connectivity index (χ1) is 21.3. The SMILES string of the molecule is CNC(=O)c1ccc(-c2cc3nccc(Oc4ccc(NC(=O)c5nccn(-c6ccc(F)cc6)c5=O)cc4F)c3s2)cc1. The highest BCUT2D eigenvalue weighted by molar-refractivity contribution is 7.22. The van der Waals surface area contributed by atoms with Gasteiger partial charge in [0.05, 0.1) is 10.2 Å². The first kappa shape index (κ1) is 28.4. The van der Waals surface area contributed by atoms with Crippen LogP contribution in [0, 0.1) is 11.6 Å². The fraction of sp³-hybridized carbons (Fsp3) is 0.0312. The van der Waals surface area contributed by atoms with Crippen molar-refractivity contribution in [1.29, 1.82) is 0 Å². The normalized spacial score (nSPS) is 10.9. The lowest BCUT2D eigenvalue weighted by molar-refractivity contribution is 0.0962. The van der Waals surface area contributed by atoms with Gasteiger partial charge in [-0.25, -0.2) is 13.8 Å². The van der Waals surface area contributed by atoms with E-state index < -0.39 is 28.8 Å². The highest BCUT2D eigenvalue weighted by atomic mass is 32.1. The number of ether oxygens (including phenoxy) is 1. The minimum Gasteiger partial charge on any atom is -0.453 e. The minimum atomic E-state index is -0.843. The predicted octanol–water partition coefficient (Wildman–Crippen LogP) is 6.19. The molecule has 3 aromatic carbocycles. The Bertz CT molecular complexity index is 2090. The third kappa shape index (κ3) is 5.65. The van der Waals surface area contributed by atoms with Gasteiger partial charge in [0.25, 0.3) is 17.4 Å². The number of aromatic nitrogens is 3. The molecule has 0 fully saturated rings. The molecule has 0 spiro atoms. The highest BCUT2D eigenvalue weighted by Gasteiger charge is 2.18. The summed E-state index contributed by atoms with van der Waals surface area (Å²) in [7, 11) is 1.57. The van der Waals surface area contributed by atoms with Crippen molar-refractivity contribution in [2.45, 2.75) is 0 Å². The molecular weight excluding hydrogens is 588 g/mol. The Hall–Kier alpha value is -5.75. The zero-order valence-electron chi connectivity index (χ0n) is 22.9. The molecular formula is C32H21F2N5O4S. The van der Waals surface area contributed by atoms with E-state index in [1.165, 1.54) is 60.1 Å². The summed E-state index contributed by atoms with van der Waals surface area (Å²) in [4.78, 5) is 46.8. The van der Waals surface area contributed by atoms with E-state index in [2.05, 4.69) is 20.6 Å². The van der Waals surface area contributed by atoms with Gasteiger partial charge in [-0.1, -0.05) is 12.1 Å². The third-order valence-electron chi connectivity index (χ3n) is 6.60. The maximum atomic E-state index is 15.2. The number of carbonyl (C=O) groups is 2. The van der Waals surface area contributed by atoms with Crippen molar-refractivity contribution >= 4 is 39.1 Å². The Morgan fingerprint density at radius 2 is 1.64 bits per heavy atom. The molecule has 0 aliphatic rings. The van der Waals surface area contributed by atoms with E-state index >= 15 is 4.39 Å². The van der Waals surface area contributed by atoms with Crippen LogP contribution in [0.3, 0.4) is 0 Å². The van der Waals surface area contributed by atoms with Crippen molar-refractivity contribution in [2.75, 3.05) is 12.4 Å². The number of fused-ring (bicyclic) bond motifs is 1. The van der Waals surface area contributed by atoms with Crippen molar-refractivity contribution in [2.24, 2.45) is 0 Å². The van der Waals surface area contributed by atoms with Crippen LogP contribution in [0.2, 0.25) is 0 Å². The van der Waals surface area contributed by atoms with Crippen LogP contribution in [0.1, 0.15) is 20.8 Å². The third-order valence-corrected chi connectivity index (χ3v) is 7.79. The van der Waals surface area contributed by atoms with Crippen LogP contribution in [-0.2, 0) is 0 Å². The summed E-state index contributed by atoms with van der Waals surface area (Å²) in [6.45, 7) is 0. The standard InChI is InChI=1S/C32H21F2N5O4S/c1-35-30(40)19-4-2-18(3-5-19)27-17-24-29(44-27)26(12-13-36-24)43-25-11-8-21(16-23(25)34)38-31(41)28-32(42)39(15-14-37-28)22-9-6-20(33)7-10-22/h2-17H,1H3,(H,35,40)(H,38,41). The van der Waals surface area contributed by atoms with Crippen LogP contribution in [-0.4, -0.2) is 33.4 Å². The molecule has 218 valence electrons. The summed E-state index contributed by atoms with van der Waals surface area (Å²) < 4.78 is 36.2. The molecule has 0 unspecified atom stereocenters. The number of hydrogen-bond acceptors (Lipinski definition) is 7. The molecule has 0 atom stereocenters. The van der Waals surface area contributed by atoms with Crippen molar-refractivity contribution in [1.82, 2.24) is 19.9 Å². The van der Waals surface area contributed by atoms with Gasteiger partial charge < -0.3 is 15.4 Å². The molecule has 9 nitrogen and oxygen atoms in total. The molecule has 3 heterocycles. The summed E-state index contributed by atoms with van der Waals surface area (Å²) in [5.41, 5.74) is 1.36. The quantitative estimate of drug-likeness (QED) is 0.223. The molecule has 3 aromatic heterocycles. The Balaban J connectivity index is 1.21. The lowest BCUT2D eigenvalue weighted by Crippen LogP contribution is -2.29. The maximum Gasteiger partial charge on any atom is 0.286 e. The molecule has 0 saturated carbocycles. The summed E-state index contributed by atoms with van der Waals surface area (Å²) in [5.74, 6) is -1.94. The van der Waals surface area contributed by atoms with Crippen molar-refractivity contribution in [3.05, 3.63) is 131 Å². The molecule has 12 heteroatoms. The topological polar surface area (TPSA) is 115 Å². The number of amides is 2. The number of hydrogen-bond donors (Lipinski definition) is 2. The summed E-state index contributed by atoms with van der Waals surface area (Å²) in [6, 6.07) is 19.7. The van der Waals surface area contributed by atoms with Crippen LogP contribution in [0.15, 0.2) is 102 Å². The van der Waals surface area contributed by atoms with E-state index in [9.17, 15) is 18.8 Å². The number of nitrogens with one attached hydrogen (secondary N) is 2. The molecule has 2 N–H and O–H groups in total. The Kier molecular flexibility index (Phi) is 7.65. The van der Waals surface area contributed by atoms with Gasteiger partial charge in [0.2, 0.25) is 0 Å². The van der Waals surface area contributed by atoms with Crippen molar-refractivity contribution in [3.8, 4) is 27.6 Å². The van der Waals surface area contributed by atoms with E-state index in [1.54, 1.807) is 31.4 Å². The zero-order chi connectivity index (χ0) is 30.8. The lowest BCUT2D eigenvalue weighted by Gasteiger charge is -2.10. The fourth-order valence-corrected chi connectivity index (χ4v) is 5.48. The number of rotatable bonds is 7. The number of nitrogens with zero attached hydrogens (tertiary/aromatic N) is 3. The molecule has 0 aliphatic heterocycles. The molecule has 0 aliphatic carbocycles. The fourth-order valence-electron chi connectivity index (χ4n) is 4.41. The van der Waals surface area contributed by atoms with Crippen LogP contribution in [0.4, 0.5) is 14.5 Å². The molecule has 0 bridgehead atoms. The minimum absolute atomic E-state index is 0.0803. The van der Waals surface area contributed by atoms with Crippen LogP contribution >= 0.6 is 11.3 Å². The Morgan fingerprint density at radius 3 is 2.36 bits per heavy atom. The predicted molar refractivity (Wildman–Crippen MR) is 163 cm³/mol. The number of benzene rings is 3. The van der Waals surface area contributed by atoms with Gasteiger partial charge in [0.1, 0.15) is 11.6 Å². The Labute approximate surface area is 252 Å². The molecule has 2 amide bonds. The molecule has 6 rings (SSSR count). The second-order valence-electron chi connectivity index (χ2n) is 9.42. The van der Waals surface area contributed by atoms with Gasteiger partial charge in [-0.05, 0) is 60.2 Å². The summed E-state index contributed by atoms with van der Waals surface area (Å²) in [6.07, 6.45) is 4.18. The average molecular weight is 610 g/mol. The monoisotopic (exact) mass is 609 g/mol. The van der Waals surface area contributed by atoms with E-state index in [1.807, 2.05) is 18.2 Å². The summed E-state index contributed by atoms with van der Waals surface area (Å²) in [5, 5.41) is 5.07. The number of thiophene rings is 1. The van der Waals surface area contributed by atoms with E-state index in [4.69, 9.17) is 4.74 Å². The average Bonchev–Trinajstić information content (AvgIpc) is 3.48. The van der Waals surface area contributed by atoms with Crippen LogP contribution < -0.4 is 20.9 Å². The zero-order valence-corrected chi connectivity index (χ0v) is 23.7. The Morgan fingerprint density at radius 1 is 0.864 bits per heavy atom. The smallest absolute Gasteiger partial charge is 0.286 e. The molecule has 0 saturated heterocycles. The van der Waals surface area contributed by atoms with E-state index in [0.29, 0.717) is 27.2 Å². The second kappa shape index (κ2) is 11.9. The van der Waals surface area contributed by atoms with Crippen LogP contribution in [0.25, 0.3) is 26.3 Å². The highest BCUT2D eigenvalue weighted by Crippen LogP contribution is 2.39. The largest absolute Gasteiger partial charge is 0.453 e. The van der Waals surface area contributed by atoms with Gasteiger partial charge in [-0.2, -0.15) is 0 Å². The van der Waals surface area contributed by atoms with Gasteiger partial charge in [-0.15, -0.1) is 11.3 Å². The first-order valence-corrected chi connectivity index (χ1v) is 14.0. The number of pyridine rings is 1.